The molecule has 4 aliphatic rings. The van der Waals surface area contributed by atoms with Gasteiger partial charge >= 0.3 is 7.12 Å². The zero-order chi connectivity index (χ0) is 63.7. The van der Waals surface area contributed by atoms with Crippen molar-refractivity contribution in [1.82, 2.24) is 39.2 Å². The van der Waals surface area contributed by atoms with Crippen molar-refractivity contribution in [2.45, 2.75) is 193 Å². The minimum Gasteiger partial charge on any atom is -0.423 e. The average Bonchev–Trinajstić information content (AvgIpc) is 1.62. The van der Waals surface area contributed by atoms with Crippen LogP contribution >= 0.6 is 45.8 Å². The van der Waals surface area contributed by atoms with E-state index in [9.17, 15) is 0 Å². The number of aryl methyl sites for hydroxylation is 2. The van der Waals surface area contributed by atoms with E-state index in [2.05, 4.69) is 139 Å². The molecule has 0 aliphatic heterocycles. The summed E-state index contributed by atoms with van der Waals surface area (Å²) in [5, 5.41) is 27.9. The summed E-state index contributed by atoms with van der Waals surface area (Å²) in [6.07, 6.45) is 20.4. The molecule has 4 aliphatic carbocycles. The van der Waals surface area contributed by atoms with Crippen molar-refractivity contribution < 1.29 is 29.0 Å². The highest BCUT2D eigenvalue weighted by Gasteiger charge is 2.38. The number of pyridine rings is 2. The normalized spacial score (nSPS) is 20.3. The summed E-state index contributed by atoms with van der Waals surface area (Å²) in [5.41, 5.74) is 8.22. The highest BCUT2D eigenvalue weighted by Crippen LogP contribution is 2.50. The Kier molecular flexibility index (Phi) is 25.3. The van der Waals surface area contributed by atoms with Crippen LogP contribution in [0, 0.1) is 41.1 Å². The molecule has 0 spiro atoms. The third-order valence-corrected chi connectivity index (χ3v) is 26.2. The monoisotopic (exact) mass is 1430 g/mol. The third-order valence-electron chi connectivity index (χ3n) is 17.8. The van der Waals surface area contributed by atoms with Crippen LogP contribution < -0.4 is 15.3 Å². The second-order valence-electron chi connectivity index (χ2n) is 30.6. The van der Waals surface area contributed by atoms with Crippen LogP contribution in [0.2, 0.25) is 113 Å². The Hall–Kier alpha value is -2.86. The molecule has 6 aromatic rings. The van der Waals surface area contributed by atoms with Crippen molar-refractivity contribution in [2.75, 3.05) is 63.2 Å². The molecule has 6 aromatic heterocycles. The van der Waals surface area contributed by atoms with Gasteiger partial charge in [-0.1, -0.05) is 134 Å². The third kappa shape index (κ3) is 21.1. The second kappa shape index (κ2) is 31.4. The maximum atomic E-state index is 8.71. The van der Waals surface area contributed by atoms with E-state index < -0.39 is 39.4 Å². The molecule has 10 rings (SSSR count). The van der Waals surface area contributed by atoms with E-state index in [1.807, 2.05) is 34.5 Å². The van der Waals surface area contributed by atoms with Crippen molar-refractivity contribution >= 4 is 114 Å². The van der Waals surface area contributed by atoms with Crippen LogP contribution in [-0.4, -0.2) is 142 Å². The van der Waals surface area contributed by atoms with E-state index in [0.29, 0.717) is 54.5 Å². The van der Waals surface area contributed by atoms with Crippen molar-refractivity contribution in [2.24, 2.45) is 23.7 Å². The van der Waals surface area contributed by atoms with Crippen molar-refractivity contribution in [3.63, 3.8) is 0 Å². The van der Waals surface area contributed by atoms with E-state index in [1.54, 1.807) is 13.0 Å². The van der Waals surface area contributed by atoms with E-state index in [0.717, 1.165) is 111 Å². The Bertz CT molecular complexity index is 3160. The molecule has 4 fully saturated rings. The highest BCUT2D eigenvalue weighted by atomic mass is 127. The summed E-state index contributed by atoms with van der Waals surface area (Å²) < 4.78 is 30.2. The Morgan fingerprint density at radius 3 is 1.28 bits per heavy atom. The zero-order valence-electron chi connectivity index (χ0n) is 55.4. The Labute approximate surface area is 553 Å². The number of hydrogen-bond donors (Lipinski definition) is 2. The topological polar surface area (TPSA) is 170 Å². The molecule has 2 unspecified atom stereocenters. The van der Waals surface area contributed by atoms with Crippen LogP contribution in [0.4, 0.5) is 11.6 Å². The van der Waals surface area contributed by atoms with Gasteiger partial charge in [-0.25, -0.2) is 19.9 Å². The second-order valence-corrected chi connectivity index (χ2v) is 54.9. The number of ether oxygens (including phenoxy) is 4. The van der Waals surface area contributed by atoms with Gasteiger partial charge in [0, 0.05) is 123 Å². The average molecular weight is 1430 g/mol. The van der Waals surface area contributed by atoms with E-state index in [4.69, 9.17) is 72.4 Å². The minimum atomic E-state index is -1.47. The number of hydrogen-bond acceptors (Lipinski definition) is 14. The number of nitrogens with zero attached hydrogens (tertiary/aromatic N) is 10. The van der Waals surface area contributed by atoms with Crippen LogP contribution in [0.15, 0.2) is 49.1 Å². The summed E-state index contributed by atoms with van der Waals surface area (Å²) in [5.74, 6) is 6.48. The first-order valence-corrected chi connectivity index (χ1v) is 49.0. The van der Waals surface area contributed by atoms with Gasteiger partial charge in [0.15, 0.2) is 11.3 Å². The number of rotatable bonds is 26. The quantitative estimate of drug-likeness (QED) is 0.0173. The molecule has 6 atom stereocenters. The lowest BCUT2D eigenvalue weighted by Crippen LogP contribution is -2.33. The fraction of sp³-hybridized carbons (Fsp3) is 0.656. The van der Waals surface area contributed by atoms with Crippen molar-refractivity contribution in [3.05, 3.63) is 85.4 Å². The number of aromatic nitrogens is 8. The van der Waals surface area contributed by atoms with E-state index in [1.165, 1.54) is 93.9 Å². The maximum absolute atomic E-state index is 8.71. The van der Waals surface area contributed by atoms with Gasteiger partial charge in [-0.3, -0.25) is 0 Å². The summed E-state index contributed by atoms with van der Waals surface area (Å²) >= 11 is 14.3. The summed E-state index contributed by atoms with van der Waals surface area (Å²) in [4.78, 5) is 23.1. The lowest BCUT2D eigenvalue weighted by atomic mass is 9.79. The molecule has 88 heavy (non-hydrogen) atoms. The predicted octanol–water partition coefficient (Wildman–Crippen LogP) is 15.3. The molecule has 484 valence electrons. The largest absolute Gasteiger partial charge is 0.490 e. The molecule has 16 nitrogen and oxygen atoms in total. The Morgan fingerprint density at radius 1 is 0.523 bits per heavy atom. The molecule has 0 aromatic carbocycles. The number of halogens is 3. The highest BCUT2D eigenvalue weighted by molar-refractivity contribution is 14.1. The standard InChI is InChI=1S/C32H50ClN5O2Si2.C26H45IN4O2Si2.C6H7BClNO2/c1-23-14-27(19-34-31(23)33)28-20-35-38-30(18-29(36-32(28)38)26-16-24-8-9-25(15-24)17-26)37(21-39-10-12-41(2,3)4)22-40-11-13-42(5,6)7;1-34(2,3)11-9-32-18-30(19-33-10-12-35(4,5)6)25-16-24(29-26-23(27)17-28-31(25)26)22-14-20-7-8-21(13-20)15-22;1-4-2-5(7(10)11)3-9-6(4)8/h14,18-20,24-26H,8-13,15-17,21-22H2,1-7H3;16-17,20-22H,7-15,18-19H2,1-6H3;2-3,10-11H,1H3/t24-,25+,26?;20-,21+,22?;. The predicted molar refractivity (Wildman–Crippen MR) is 382 cm³/mol. The smallest absolute Gasteiger partial charge is 0.423 e. The van der Waals surface area contributed by atoms with Crippen molar-refractivity contribution in [1.29, 1.82) is 0 Å². The fourth-order valence-electron chi connectivity index (χ4n) is 12.5. The fourth-order valence-corrected chi connectivity index (χ4v) is 16.2. The Balaban J connectivity index is 0.000000196. The van der Waals surface area contributed by atoms with Crippen molar-refractivity contribution in [3.8, 4) is 11.1 Å². The summed E-state index contributed by atoms with van der Waals surface area (Å²) in [6, 6.07) is 12.8. The van der Waals surface area contributed by atoms with Gasteiger partial charge in [0.05, 0.1) is 16.0 Å². The molecule has 4 saturated carbocycles. The summed E-state index contributed by atoms with van der Waals surface area (Å²) in [6.45, 7) is 37.5. The van der Waals surface area contributed by atoms with E-state index in [-0.39, 0.29) is 0 Å². The van der Waals surface area contributed by atoms with Gasteiger partial charge in [-0.05, 0) is 140 Å². The maximum Gasteiger partial charge on any atom is 0.490 e. The first-order chi connectivity index (χ1) is 41.5. The van der Waals surface area contributed by atoms with Gasteiger partial charge in [0.25, 0.3) is 0 Å². The first kappa shape index (κ1) is 71.0. The molecule has 24 heteroatoms. The SMILES string of the molecule is C[Si](C)(C)CCOCN(COCC[Si](C)(C)C)c1cc(C2C[C@H]3CC[C@@H](C2)C3)nc2c(I)cnn12.Cc1cc(-c2cnn3c(N(COCC[Si](C)(C)C)COCC[Si](C)(C)C)cc(C4C[C@H]5CC[C@@H](C4)C5)nc23)cnc1Cl.Cc1cc(B(O)O)cnc1Cl. The van der Waals surface area contributed by atoms with Gasteiger partial charge in [-0.15, -0.1) is 0 Å². The van der Waals surface area contributed by atoms with Crippen LogP contribution in [0.3, 0.4) is 0 Å². The van der Waals surface area contributed by atoms with Crippen LogP contribution in [0.5, 0.6) is 0 Å². The lowest BCUT2D eigenvalue weighted by molar-refractivity contribution is 0.0940. The molecule has 0 radical (unpaired) electrons. The molecule has 4 bridgehead atoms. The van der Waals surface area contributed by atoms with Gasteiger partial charge in [-0.2, -0.15) is 19.2 Å². The van der Waals surface area contributed by atoms with Crippen LogP contribution in [0.1, 0.15) is 98.6 Å². The molecular weight excluding hydrogens is 1330 g/mol. The van der Waals surface area contributed by atoms with Gasteiger partial charge in [0.2, 0.25) is 0 Å². The molecule has 0 amide bonds. The minimum absolute atomic E-state index is 0.354. The lowest BCUT2D eigenvalue weighted by Gasteiger charge is -2.30. The van der Waals surface area contributed by atoms with Crippen LogP contribution in [0.25, 0.3) is 22.4 Å². The molecule has 6 heterocycles. The number of fused-ring (bicyclic) bond motifs is 6. The molecule has 0 saturated heterocycles. The zero-order valence-corrected chi connectivity index (χ0v) is 63.0. The molecular formula is C64H102BCl2IN10O6Si4. The molecule has 2 N–H and O–H groups in total. The Morgan fingerprint density at radius 2 is 0.898 bits per heavy atom. The van der Waals surface area contributed by atoms with Gasteiger partial charge in [0.1, 0.15) is 48.9 Å². The van der Waals surface area contributed by atoms with Crippen LogP contribution in [-0.2, 0) is 18.9 Å². The summed E-state index contributed by atoms with van der Waals surface area (Å²) in [7, 11) is -6.15. The van der Waals surface area contributed by atoms with Gasteiger partial charge < -0.3 is 38.8 Å². The van der Waals surface area contributed by atoms with E-state index >= 15 is 0 Å². The first-order valence-electron chi connectivity index (χ1n) is 32.3. The number of anilines is 2.